The lowest BCUT2D eigenvalue weighted by Gasteiger charge is -2.02. The normalized spacial score (nSPS) is 13.2. The molecule has 1 rings (SSSR count). The third-order valence-electron chi connectivity index (χ3n) is 1.62. The molecular weight excluding hydrogens is 190 g/mol. The van der Waals surface area contributed by atoms with Crippen molar-refractivity contribution in [2.75, 3.05) is 12.4 Å². The van der Waals surface area contributed by atoms with Crippen molar-refractivity contribution in [2.24, 2.45) is 0 Å². The van der Waals surface area contributed by atoms with E-state index in [0.717, 1.165) is 11.5 Å². The number of aromatic nitrogens is 1. The number of aliphatic hydroxyl groups is 2. The summed E-state index contributed by atoms with van der Waals surface area (Å²) in [5, 5.41) is 18.2. The number of hydrogen-bond acceptors (Lipinski definition) is 5. The van der Waals surface area contributed by atoms with E-state index < -0.39 is 6.10 Å². The molecule has 1 heterocycles. The van der Waals surface area contributed by atoms with E-state index in [1.54, 1.807) is 0 Å². The van der Waals surface area contributed by atoms with Gasteiger partial charge in [0.15, 0.2) is 0 Å². The van der Waals surface area contributed by atoms with Gasteiger partial charge in [0.2, 0.25) is 0 Å². The van der Waals surface area contributed by atoms with Crippen LogP contribution in [0.3, 0.4) is 0 Å². The molecule has 0 aliphatic heterocycles. The van der Waals surface area contributed by atoms with Crippen LogP contribution in [-0.2, 0) is 0 Å². The van der Waals surface area contributed by atoms with Gasteiger partial charge in [-0.15, -0.1) is 0 Å². The summed E-state index contributed by atoms with van der Waals surface area (Å²) in [6.45, 7) is 3.48. The predicted octanol–water partition coefficient (Wildman–Crippen LogP) is 0.737. The minimum atomic E-state index is -0.711. The van der Waals surface area contributed by atoms with Crippen molar-refractivity contribution in [1.29, 1.82) is 0 Å². The molecule has 1 atom stereocenters. The molecular formula is C8H13NO3S. The van der Waals surface area contributed by atoms with Crippen LogP contribution in [0.4, 0.5) is 0 Å². The van der Waals surface area contributed by atoms with Gasteiger partial charge in [-0.1, -0.05) is 11.8 Å². The van der Waals surface area contributed by atoms with Gasteiger partial charge in [0.1, 0.15) is 5.76 Å². The average Bonchev–Trinajstić information content (AvgIpc) is 2.42. The Morgan fingerprint density at radius 1 is 1.54 bits per heavy atom. The van der Waals surface area contributed by atoms with Gasteiger partial charge in [-0.2, -0.15) is 0 Å². The van der Waals surface area contributed by atoms with E-state index in [-0.39, 0.29) is 6.61 Å². The third-order valence-corrected chi connectivity index (χ3v) is 2.59. The first kappa shape index (κ1) is 10.6. The van der Waals surface area contributed by atoms with Crippen molar-refractivity contribution < 1.29 is 14.6 Å². The molecule has 1 unspecified atom stereocenters. The van der Waals surface area contributed by atoms with Gasteiger partial charge in [0.05, 0.1) is 18.4 Å². The van der Waals surface area contributed by atoms with Crippen LogP contribution >= 0.6 is 11.8 Å². The molecule has 0 aliphatic rings. The van der Waals surface area contributed by atoms with Gasteiger partial charge in [-0.25, -0.2) is 4.98 Å². The van der Waals surface area contributed by atoms with Crippen molar-refractivity contribution in [3.8, 4) is 0 Å². The Bertz CT molecular complexity index is 255. The standard InChI is InChI=1S/C8H13NO3S/c1-5-6(2)12-8(9-5)13-4-7(11)3-10/h7,10-11H,3-4H2,1-2H3. The van der Waals surface area contributed by atoms with Gasteiger partial charge >= 0.3 is 0 Å². The molecule has 0 bridgehead atoms. The van der Waals surface area contributed by atoms with Crippen LogP contribution in [-0.4, -0.2) is 33.7 Å². The van der Waals surface area contributed by atoms with Gasteiger partial charge in [-0.05, 0) is 13.8 Å². The van der Waals surface area contributed by atoms with Gasteiger partial charge < -0.3 is 14.6 Å². The number of thioether (sulfide) groups is 1. The second kappa shape index (κ2) is 4.64. The monoisotopic (exact) mass is 203 g/mol. The van der Waals surface area contributed by atoms with Crippen LogP contribution in [0.25, 0.3) is 0 Å². The lowest BCUT2D eigenvalue weighted by Crippen LogP contribution is -2.14. The molecule has 0 fully saturated rings. The fourth-order valence-corrected chi connectivity index (χ4v) is 1.55. The zero-order chi connectivity index (χ0) is 9.84. The summed E-state index contributed by atoms with van der Waals surface area (Å²) < 4.78 is 5.27. The van der Waals surface area contributed by atoms with Gasteiger partial charge in [0, 0.05) is 5.75 Å². The van der Waals surface area contributed by atoms with E-state index >= 15 is 0 Å². The lowest BCUT2D eigenvalue weighted by atomic mass is 10.4. The maximum atomic E-state index is 9.06. The summed E-state index contributed by atoms with van der Waals surface area (Å²) in [7, 11) is 0. The molecule has 2 N–H and O–H groups in total. The highest BCUT2D eigenvalue weighted by Crippen LogP contribution is 2.20. The van der Waals surface area contributed by atoms with Crippen LogP contribution in [0.1, 0.15) is 11.5 Å². The molecule has 1 aromatic rings. The Kier molecular flexibility index (Phi) is 3.77. The van der Waals surface area contributed by atoms with Crippen LogP contribution in [0.2, 0.25) is 0 Å². The molecule has 13 heavy (non-hydrogen) atoms. The van der Waals surface area contributed by atoms with Crippen molar-refractivity contribution >= 4 is 11.8 Å². The number of hydrogen-bond donors (Lipinski definition) is 2. The van der Waals surface area contributed by atoms with Gasteiger partial charge in [0.25, 0.3) is 5.22 Å². The number of aliphatic hydroxyl groups excluding tert-OH is 2. The molecule has 0 radical (unpaired) electrons. The zero-order valence-corrected chi connectivity index (χ0v) is 8.47. The SMILES string of the molecule is Cc1nc(SCC(O)CO)oc1C. The number of nitrogens with zero attached hydrogens (tertiary/aromatic N) is 1. The Labute approximate surface area is 81.0 Å². The first-order chi connectivity index (χ1) is 6.13. The van der Waals surface area contributed by atoms with E-state index in [1.165, 1.54) is 11.8 Å². The minimum Gasteiger partial charge on any atom is -0.437 e. The van der Waals surface area contributed by atoms with Gasteiger partial charge in [-0.3, -0.25) is 0 Å². The maximum Gasteiger partial charge on any atom is 0.256 e. The maximum absolute atomic E-state index is 9.06. The summed E-state index contributed by atoms with van der Waals surface area (Å²) in [4.78, 5) is 4.12. The minimum absolute atomic E-state index is 0.230. The third kappa shape index (κ3) is 3.02. The highest BCUT2D eigenvalue weighted by atomic mass is 32.2. The number of rotatable bonds is 4. The largest absolute Gasteiger partial charge is 0.437 e. The summed E-state index contributed by atoms with van der Waals surface area (Å²) in [6.07, 6.45) is -0.711. The van der Waals surface area contributed by atoms with Crippen LogP contribution in [0.15, 0.2) is 9.64 Å². The van der Waals surface area contributed by atoms with Crippen molar-refractivity contribution in [1.82, 2.24) is 4.98 Å². The van der Waals surface area contributed by atoms with Crippen molar-refractivity contribution in [2.45, 2.75) is 25.2 Å². The van der Waals surface area contributed by atoms with Crippen LogP contribution in [0, 0.1) is 13.8 Å². The fourth-order valence-electron chi connectivity index (χ4n) is 0.725. The molecule has 5 heteroatoms. The Balaban J connectivity index is 2.45. The molecule has 0 saturated heterocycles. The average molecular weight is 203 g/mol. The topological polar surface area (TPSA) is 66.5 Å². The highest BCUT2D eigenvalue weighted by molar-refractivity contribution is 7.99. The second-order valence-electron chi connectivity index (χ2n) is 2.77. The second-order valence-corrected chi connectivity index (χ2v) is 3.74. The Hall–Kier alpha value is -0.520. The summed E-state index contributed by atoms with van der Waals surface area (Å²) in [6, 6.07) is 0. The van der Waals surface area contributed by atoms with Crippen LogP contribution in [0.5, 0.6) is 0 Å². The van der Waals surface area contributed by atoms with Crippen molar-refractivity contribution in [3.63, 3.8) is 0 Å². The van der Waals surface area contributed by atoms with E-state index in [1.807, 2.05) is 13.8 Å². The smallest absolute Gasteiger partial charge is 0.256 e. The molecule has 0 saturated carbocycles. The van der Waals surface area contributed by atoms with E-state index in [9.17, 15) is 0 Å². The zero-order valence-electron chi connectivity index (χ0n) is 7.65. The van der Waals surface area contributed by atoms with Crippen LogP contribution < -0.4 is 0 Å². The first-order valence-corrected chi connectivity index (χ1v) is 4.97. The highest BCUT2D eigenvalue weighted by Gasteiger charge is 2.08. The molecule has 0 amide bonds. The molecule has 0 aliphatic carbocycles. The number of aryl methyl sites for hydroxylation is 2. The number of oxazole rings is 1. The van der Waals surface area contributed by atoms with E-state index in [2.05, 4.69) is 4.98 Å². The first-order valence-electron chi connectivity index (χ1n) is 3.99. The quantitative estimate of drug-likeness (QED) is 0.706. The Morgan fingerprint density at radius 2 is 2.23 bits per heavy atom. The molecule has 1 aromatic heterocycles. The predicted molar refractivity (Wildman–Crippen MR) is 49.8 cm³/mol. The summed E-state index contributed by atoms with van der Waals surface area (Å²) in [5.41, 5.74) is 0.862. The summed E-state index contributed by atoms with van der Waals surface area (Å²) >= 11 is 1.30. The fraction of sp³-hybridized carbons (Fsp3) is 0.625. The van der Waals surface area contributed by atoms with E-state index in [0.29, 0.717) is 11.0 Å². The van der Waals surface area contributed by atoms with E-state index in [4.69, 9.17) is 14.6 Å². The molecule has 0 spiro atoms. The Morgan fingerprint density at radius 3 is 2.69 bits per heavy atom. The van der Waals surface area contributed by atoms with Crippen molar-refractivity contribution in [3.05, 3.63) is 11.5 Å². The molecule has 4 nitrogen and oxygen atoms in total. The molecule has 0 aromatic carbocycles. The summed E-state index contributed by atoms with van der Waals surface area (Å²) in [5.74, 6) is 1.19. The lowest BCUT2D eigenvalue weighted by molar-refractivity contribution is 0.113. The molecule has 74 valence electrons.